The van der Waals surface area contributed by atoms with Crippen LogP contribution in [-0.4, -0.2) is 15.5 Å². The molecule has 2 rings (SSSR count). The Morgan fingerprint density at radius 3 is 2.71 bits per heavy atom. The predicted octanol–water partition coefficient (Wildman–Crippen LogP) is 3.33. The fourth-order valence-corrected chi connectivity index (χ4v) is 2.38. The molecule has 2 N–H and O–H groups in total. The number of nitrogens with one attached hydrogen (secondary N) is 2. The molecule has 0 atom stereocenters. The van der Waals surface area contributed by atoms with E-state index in [0.717, 1.165) is 18.1 Å². The lowest BCUT2D eigenvalue weighted by atomic mass is 10.1. The highest BCUT2D eigenvalue weighted by Gasteiger charge is 2.11. The van der Waals surface area contributed by atoms with Gasteiger partial charge in [-0.2, -0.15) is 11.3 Å². The third-order valence-corrected chi connectivity index (χ3v) is 3.41. The number of thiophene rings is 1. The number of aromatic nitrogens is 2. The lowest BCUT2D eigenvalue weighted by Gasteiger charge is -2.19. The number of rotatable bonds is 3. The highest BCUT2D eigenvalue weighted by atomic mass is 32.1. The average Bonchev–Trinajstić information content (AvgIpc) is 2.81. The molecule has 0 saturated carbocycles. The van der Waals surface area contributed by atoms with Crippen molar-refractivity contribution >= 4 is 11.3 Å². The third-order valence-electron chi connectivity index (χ3n) is 2.55. The van der Waals surface area contributed by atoms with Crippen molar-refractivity contribution in [1.82, 2.24) is 15.3 Å². The summed E-state index contributed by atoms with van der Waals surface area (Å²) in [5, 5.41) is 7.72. The van der Waals surface area contributed by atoms with E-state index in [0.29, 0.717) is 0 Å². The van der Waals surface area contributed by atoms with Crippen LogP contribution in [-0.2, 0) is 6.54 Å². The minimum absolute atomic E-state index is 0.129. The van der Waals surface area contributed by atoms with Crippen LogP contribution in [0.15, 0.2) is 17.0 Å². The van der Waals surface area contributed by atoms with E-state index in [2.05, 4.69) is 53.7 Å². The Hall–Kier alpha value is -1.13. The standard InChI is InChI=1S/C13H19N3S/c1-9-7-17-8-11(9)12-14-5-10(16-12)6-15-13(2,3)4/h5,7-8,15H,6H2,1-4H3,(H,14,16). The fourth-order valence-electron chi connectivity index (χ4n) is 1.55. The molecule has 0 saturated heterocycles. The molecule has 17 heavy (non-hydrogen) atoms. The first-order chi connectivity index (χ1) is 7.96. The summed E-state index contributed by atoms with van der Waals surface area (Å²) in [7, 11) is 0. The van der Waals surface area contributed by atoms with Gasteiger partial charge in [0.25, 0.3) is 0 Å². The molecule has 92 valence electrons. The Balaban J connectivity index is 2.09. The molecule has 0 spiro atoms. The highest BCUT2D eigenvalue weighted by molar-refractivity contribution is 7.08. The van der Waals surface area contributed by atoms with E-state index >= 15 is 0 Å². The molecule has 3 nitrogen and oxygen atoms in total. The van der Waals surface area contributed by atoms with Crippen LogP contribution < -0.4 is 5.32 Å². The highest BCUT2D eigenvalue weighted by Crippen LogP contribution is 2.24. The Morgan fingerprint density at radius 1 is 1.35 bits per heavy atom. The molecule has 2 aromatic rings. The smallest absolute Gasteiger partial charge is 0.138 e. The van der Waals surface area contributed by atoms with Gasteiger partial charge in [0.1, 0.15) is 5.82 Å². The van der Waals surface area contributed by atoms with Crippen LogP contribution in [0.3, 0.4) is 0 Å². The second kappa shape index (κ2) is 4.63. The number of aromatic amines is 1. The van der Waals surface area contributed by atoms with Gasteiger partial charge in [0.2, 0.25) is 0 Å². The van der Waals surface area contributed by atoms with Gasteiger partial charge in [-0.1, -0.05) is 0 Å². The van der Waals surface area contributed by atoms with Gasteiger partial charge in [-0.15, -0.1) is 0 Å². The summed E-state index contributed by atoms with van der Waals surface area (Å²) >= 11 is 1.71. The summed E-state index contributed by atoms with van der Waals surface area (Å²) in [6.07, 6.45) is 1.91. The Morgan fingerprint density at radius 2 is 2.12 bits per heavy atom. The maximum absolute atomic E-state index is 4.43. The van der Waals surface area contributed by atoms with E-state index < -0.39 is 0 Å². The Kier molecular flexibility index (Phi) is 3.35. The molecule has 0 aromatic carbocycles. The summed E-state index contributed by atoms with van der Waals surface area (Å²) in [5.41, 5.74) is 3.74. The molecule has 4 heteroatoms. The molecule has 2 heterocycles. The minimum atomic E-state index is 0.129. The molecule has 0 amide bonds. The summed E-state index contributed by atoms with van der Waals surface area (Å²) in [6, 6.07) is 0. The molecular weight excluding hydrogens is 230 g/mol. The number of nitrogens with zero attached hydrogens (tertiary/aromatic N) is 1. The van der Waals surface area contributed by atoms with Gasteiger partial charge < -0.3 is 10.3 Å². The maximum Gasteiger partial charge on any atom is 0.138 e. The van der Waals surface area contributed by atoms with Crippen molar-refractivity contribution < 1.29 is 0 Å². The van der Waals surface area contributed by atoms with Gasteiger partial charge in [-0.25, -0.2) is 4.98 Å². The molecule has 0 aliphatic rings. The topological polar surface area (TPSA) is 40.7 Å². The first-order valence-electron chi connectivity index (χ1n) is 5.78. The second-order valence-corrected chi connectivity index (χ2v) is 6.07. The van der Waals surface area contributed by atoms with E-state index in [-0.39, 0.29) is 5.54 Å². The molecule has 2 aromatic heterocycles. The fraction of sp³-hybridized carbons (Fsp3) is 0.462. The number of H-pyrrole nitrogens is 1. The van der Waals surface area contributed by atoms with E-state index in [1.165, 1.54) is 11.1 Å². The van der Waals surface area contributed by atoms with Gasteiger partial charge in [-0.3, -0.25) is 0 Å². The van der Waals surface area contributed by atoms with Crippen LogP contribution >= 0.6 is 11.3 Å². The van der Waals surface area contributed by atoms with Crippen molar-refractivity contribution in [1.29, 1.82) is 0 Å². The number of hydrogen-bond acceptors (Lipinski definition) is 3. The molecule has 0 aliphatic carbocycles. The number of imidazole rings is 1. The van der Waals surface area contributed by atoms with Crippen molar-refractivity contribution in [2.75, 3.05) is 0 Å². The van der Waals surface area contributed by atoms with Gasteiger partial charge in [0.05, 0.1) is 0 Å². The average molecular weight is 249 g/mol. The quantitative estimate of drug-likeness (QED) is 0.876. The zero-order valence-corrected chi connectivity index (χ0v) is 11.6. The third kappa shape index (κ3) is 3.17. The van der Waals surface area contributed by atoms with Gasteiger partial charge in [-0.05, 0) is 38.6 Å². The van der Waals surface area contributed by atoms with Crippen molar-refractivity contribution in [3.05, 3.63) is 28.2 Å². The minimum Gasteiger partial charge on any atom is -0.341 e. The molecular formula is C13H19N3S. The second-order valence-electron chi connectivity index (χ2n) is 5.33. The van der Waals surface area contributed by atoms with Crippen molar-refractivity contribution in [3.8, 4) is 11.4 Å². The summed E-state index contributed by atoms with van der Waals surface area (Å²) in [5.74, 6) is 0.967. The van der Waals surface area contributed by atoms with Crippen LogP contribution in [0.5, 0.6) is 0 Å². The molecule has 0 radical (unpaired) electrons. The van der Waals surface area contributed by atoms with Crippen molar-refractivity contribution in [2.45, 2.75) is 39.8 Å². The monoisotopic (exact) mass is 249 g/mol. The van der Waals surface area contributed by atoms with E-state index in [9.17, 15) is 0 Å². The van der Waals surface area contributed by atoms with Crippen molar-refractivity contribution in [2.24, 2.45) is 0 Å². The van der Waals surface area contributed by atoms with Crippen LogP contribution in [0.25, 0.3) is 11.4 Å². The zero-order chi connectivity index (χ0) is 12.5. The van der Waals surface area contributed by atoms with Crippen LogP contribution in [0, 0.1) is 6.92 Å². The van der Waals surface area contributed by atoms with Crippen molar-refractivity contribution in [3.63, 3.8) is 0 Å². The summed E-state index contributed by atoms with van der Waals surface area (Å²) in [6.45, 7) is 9.41. The van der Waals surface area contributed by atoms with Gasteiger partial charge >= 0.3 is 0 Å². The SMILES string of the molecule is Cc1cscc1-c1ncc(CNC(C)(C)C)[nH]1. The van der Waals surface area contributed by atoms with Crippen LogP contribution in [0.4, 0.5) is 0 Å². The summed E-state index contributed by atoms with van der Waals surface area (Å²) in [4.78, 5) is 7.79. The molecule has 0 unspecified atom stereocenters. The van der Waals surface area contributed by atoms with E-state index in [1.807, 2.05) is 6.20 Å². The van der Waals surface area contributed by atoms with Gasteiger partial charge in [0.15, 0.2) is 0 Å². The first kappa shape index (κ1) is 12.3. The first-order valence-corrected chi connectivity index (χ1v) is 6.72. The maximum atomic E-state index is 4.43. The molecule has 0 aliphatic heterocycles. The normalized spacial score (nSPS) is 12.0. The van der Waals surface area contributed by atoms with Gasteiger partial charge in [0, 0.05) is 34.9 Å². The van der Waals surface area contributed by atoms with E-state index in [1.54, 1.807) is 11.3 Å². The number of hydrogen-bond donors (Lipinski definition) is 2. The summed E-state index contributed by atoms with van der Waals surface area (Å²) < 4.78 is 0. The predicted molar refractivity (Wildman–Crippen MR) is 73.2 cm³/mol. The molecule has 0 bridgehead atoms. The number of aryl methyl sites for hydroxylation is 1. The largest absolute Gasteiger partial charge is 0.341 e. The van der Waals surface area contributed by atoms with Crippen LogP contribution in [0.2, 0.25) is 0 Å². The zero-order valence-electron chi connectivity index (χ0n) is 10.8. The lowest BCUT2D eigenvalue weighted by molar-refractivity contribution is 0.422. The Bertz CT molecular complexity index is 491. The Labute approximate surface area is 106 Å². The van der Waals surface area contributed by atoms with E-state index in [4.69, 9.17) is 0 Å². The van der Waals surface area contributed by atoms with Crippen LogP contribution in [0.1, 0.15) is 32.0 Å². The molecule has 0 fully saturated rings. The lowest BCUT2D eigenvalue weighted by Crippen LogP contribution is -2.35.